The van der Waals surface area contributed by atoms with Crippen LogP contribution in [0.1, 0.15) is 35.6 Å². The molecule has 1 fully saturated rings. The van der Waals surface area contributed by atoms with Crippen molar-refractivity contribution >= 4 is 0 Å². The van der Waals surface area contributed by atoms with E-state index in [0.29, 0.717) is 5.92 Å². The standard InChI is InChI=1S/C17H22N4O2/c1-12-6-15(23-19-12)11-20-8-13(9-20)10-21-17(22)7-14-4-2-3-5-16(14)18-21/h6-7,13H,2-5,8-11H2,1H3. The largest absolute Gasteiger partial charge is 0.360 e. The number of aromatic nitrogens is 3. The molecule has 0 aromatic carbocycles. The lowest BCUT2D eigenvalue weighted by molar-refractivity contribution is 0.0674. The molecular weight excluding hydrogens is 292 g/mol. The van der Waals surface area contributed by atoms with Gasteiger partial charge in [0, 0.05) is 31.1 Å². The van der Waals surface area contributed by atoms with Gasteiger partial charge in [-0.25, -0.2) is 4.68 Å². The molecular formula is C17H22N4O2. The topological polar surface area (TPSA) is 64.2 Å². The van der Waals surface area contributed by atoms with E-state index < -0.39 is 0 Å². The monoisotopic (exact) mass is 314 g/mol. The molecule has 0 radical (unpaired) electrons. The molecule has 2 aromatic rings. The third kappa shape index (κ3) is 3.08. The van der Waals surface area contributed by atoms with Crippen LogP contribution in [-0.2, 0) is 25.9 Å². The molecule has 122 valence electrons. The minimum absolute atomic E-state index is 0.0509. The highest BCUT2D eigenvalue weighted by molar-refractivity contribution is 5.20. The molecule has 0 spiro atoms. The van der Waals surface area contributed by atoms with E-state index in [1.54, 1.807) is 10.7 Å². The normalized spacial score (nSPS) is 18.7. The average Bonchev–Trinajstić information content (AvgIpc) is 2.91. The Bertz CT molecular complexity index is 758. The van der Waals surface area contributed by atoms with E-state index >= 15 is 0 Å². The third-order valence-corrected chi connectivity index (χ3v) is 4.79. The molecule has 1 aliphatic heterocycles. The van der Waals surface area contributed by atoms with Crippen LogP contribution in [0, 0.1) is 12.8 Å². The van der Waals surface area contributed by atoms with Gasteiger partial charge in [-0.3, -0.25) is 9.69 Å². The second-order valence-electron chi connectivity index (χ2n) is 6.84. The van der Waals surface area contributed by atoms with Crippen molar-refractivity contribution in [2.75, 3.05) is 13.1 Å². The van der Waals surface area contributed by atoms with Crippen molar-refractivity contribution in [1.82, 2.24) is 19.8 Å². The highest BCUT2D eigenvalue weighted by atomic mass is 16.5. The first kappa shape index (κ1) is 14.6. The summed E-state index contributed by atoms with van der Waals surface area (Å²) in [5, 5.41) is 8.51. The quantitative estimate of drug-likeness (QED) is 0.857. The lowest BCUT2D eigenvalue weighted by Gasteiger charge is -2.38. The second-order valence-corrected chi connectivity index (χ2v) is 6.84. The van der Waals surface area contributed by atoms with Gasteiger partial charge in [0.2, 0.25) is 0 Å². The van der Waals surface area contributed by atoms with Crippen molar-refractivity contribution in [3.05, 3.63) is 45.2 Å². The number of hydrogen-bond acceptors (Lipinski definition) is 5. The Labute approximate surface area is 135 Å². The Morgan fingerprint density at radius 3 is 2.87 bits per heavy atom. The van der Waals surface area contributed by atoms with E-state index in [9.17, 15) is 4.79 Å². The summed E-state index contributed by atoms with van der Waals surface area (Å²) in [5.41, 5.74) is 3.26. The summed E-state index contributed by atoms with van der Waals surface area (Å²) in [6.07, 6.45) is 4.38. The molecule has 0 N–H and O–H groups in total. The van der Waals surface area contributed by atoms with Crippen LogP contribution in [-0.4, -0.2) is 32.9 Å². The Balaban J connectivity index is 1.36. The number of hydrogen-bond donors (Lipinski definition) is 0. The maximum Gasteiger partial charge on any atom is 0.267 e. The zero-order valence-electron chi connectivity index (χ0n) is 13.5. The van der Waals surface area contributed by atoms with E-state index in [1.807, 2.05) is 13.0 Å². The van der Waals surface area contributed by atoms with E-state index in [4.69, 9.17) is 4.52 Å². The van der Waals surface area contributed by atoms with Crippen molar-refractivity contribution in [3.8, 4) is 0 Å². The summed E-state index contributed by atoms with van der Waals surface area (Å²) in [5.74, 6) is 1.40. The van der Waals surface area contributed by atoms with Crippen LogP contribution in [0.3, 0.4) is 0 Å². The molecule has 0 saturated carbocycles. The number of likely N-dealkylation sites (tertiary alicyclic amines) is 1. The zero-order chi connectivity index (χ0) is 15.8. The summed E-state index contributed by atoms with van der Waals surface area (Å²) < 4.78 is 6.92. The van der Waals surface area contributed by atoms with Crippen LogP contribution >= 0.6 is 0 Å². The molecule has 23 heavy (non-hydrogen) atoms. The fourth-order valence-electron chi connectivity index (χ4n) is 3.61. The summed E-state index contributed by atoms with van der Waals surface area (Å²) >= 11 is 0. The van der Waals surface area contributed by atoms with Crippen LogP contribution in [0.4, 0.5) is 0 Å². The molecule has 0 bridgehead atoms. The molecule has 2 aliphatic rings. The maximum atomic E-state index is 12.2. The minimum atomic E-state index is 0.0509. The van der Waals surface area contributed by atoms with E-state index in [0.717, 1.165) is 61.7 Å². The van der Waals surface area contributed by atoms with Crippen molar-refractivity contribution in [2.45, 2.75) is 45.7 Å². The number of nitrogens with zero attached hydrogens (tertiary/aromatic N) is 4. The van der Waals surface area contributed by atoms with Gasteiger partial charge in [0.05, 0.1) is 24.5 Å². The summed E-state index contributed by atoms with van der Waals surface area (Å²) in [6, 6.07) is 3.78. The van der Waals surface area contributed by atoms with Gasteiger partial charge in [-0.2, -0.15) is 5.10 Å². The van der Waals surface area contributed by atoms with Crippen molar-refractivity contribution in [2.24, 2.45) is 5.92 Å². The van der Waals surface area contributed by atoms with Gasteiger partial charge >= 0.3 is 0 Å². The molecule has 1 aliphatic carbocycles. The van der Waals surface area contributed by atoms with Gasteiger partial charge in [-0.15, -0.1) is 0 Å². The van der Waals surface area contributed by atoms with E-state index in [2.05, 4.69) is 15.2 Å². The minimum Gasteiger partial charge on any atom is -0.360 e. The Morgan fingerprint density at radius 1 is 1.26 bits per heavy atom. The first-order valence-electron chi connectivity index (χ1n) is 8.42. The van der Waals surface area contributed by atoms with Gasteiger partial charge in [-0.1, -0.05) is 5.16 Å². The molecule has 0 amide bonds. The van der Waals surface area contributed by atoms with Crippen molar-refractivity contribution in [1.29, 1.82) is 0 Å². The van der Waals surface area contributed by atoms with Crippen molar-refractivity contribution in [3.63, 3.8) is 0 Å². The molecule has 2 aromatic heterocycles. The van der Waals surface area contributed by atoms with Crippen LogP contribution in [0.25, 0.3) is 0 Å². The number of fused-ring (bicyclic) bond motifs is 1. The highest BCUT2D eigenvalue weighted by Crippen LogP contribution is 2.21. The lowest BCUT2D eigenvalue weighted by atomic mass is 9.96. The average molecular weight is 314 g/mol. The Morgan fingerprint density at radius 2 is 2.09 bits per heavy atom. The first-order chi connectivity index (χ1) is 11.2. The van der Waals surface area contributed by atoms with E-state index in [1.165, 1.54) is 12.8 Å². The molecule has 0 atom stereocenters. The molecule has 6 nitrogen and oxygen atoms in total. The molecule has 3 heterocycles. The number of aryl methyl sites for hydroxylation is 3. The fourth-order valence-corrected chi connectivity index (χ4v) is 3.61. The van der Waals surface area contributed by atoms with Gasteiger partial charge in [0.25, 0.3) is 5.56 Å². The van der Waals surface area contributed by atoms with E-state index in [-0.39, 0.29) is 5.56 Å². The Hall–Kier alpha value is -1.95. The van der Waals surface area contributed by atoms with Crippen LogP contribution < -0.4 is 5.56 Å². The molecule has 6 heteroatoms. The molecule has 0 unspecified atom stereocenters. The first-order valence-corrected chi connectivity index (χ1v) is 8.42. The van der Waals surface area contributed by atoms with Crippen LogP contribution in [0.15, 0.2) is 21.5 Å². The third-order valence-electron chi connectivity index (χ3n) is 4.79. The number of rotatable bonds is 4. The van der Waals surface area contributed by atoms with Crippen molar-refractivity contribution < 1.29 is 4.52 Å². The maximum absolute atomic E-state index is 12.2. The predicted molar refractivity (Wildman–Crippen MR) is 85.1 cm³/mol. The Kier molecular flexibility index (Phi) is 3.77. The van der Waals surface area contributed by atoms with Gasteiger partial charge in [0.15, 0.2) is 5.76 Å². The summed E-state index contributed by atoms with van der Waals surface area (Å²) in [6.45, 7) is 5.40. The van der Waals surface area contributed by atoms with Gasteiger partial charge < -0.3 is 4.52 Å². The lowest BCUT2D eigenvalue weighted by Crippen LogP contribution is -2.49. The predicted octanol–water partition coefficient (Wildman–Crippen LogP) is 1.55. The smallest absolute Gasteiger partial charge is 0.267 e. The fraction of sp³-hybridized carbons (Fsp3) is 0.588. The highest BCUT2D eigenvalue weighted by Gasteiger charge is 2.28. The van der Waals surface area contributed by atoms with Gasteiger partial charge in [0.1, 0.15) is 0 Å². The SMILES string of the molecule is Cc1cc(CN2CC(Cn3nc4c(cc3=O)CCCC4)C2)on1. The molecule has 4 rings (SSSR count). The second kappa shape index (κ2) is 5.92. The van der Waals surface area contributed by atoms with Crippen LogP contribution in [0.2, 0.25) is 0 Å². The van der Waals surface area contributed by atoms with Crippen LogP contribution in [0.5, 0.6) is 0 Å². The van der Waals surface area contributed by atoms with Gasteiger partial charge in [-0.05, 0) is 38.2 Å². The summed E-state index contributed by atoms with van der Waals surface area (Å²) in [7, 11) is 0. The zero-order valence-corrected chi connectivity index (χ0v) is 13.5. The molecule has 1 saturated heterocycles. The summed E-state index contributed by atoms with van der Waals surface area (Å²) in [4.78, 5) is 14.5.